The number of cyclic esters (lactones) is 1. The third-order valence-corrected chi connectivity index (χ3v) is 4.99. The van der Waals surface area contributed by atoms with Gasteiger partial charge in [0.2, 0.25) is 5.76 Å². The zero-order valence-corrected chi connectivity index (χ0v) is 18.4. The summed E-state index contributed by atoms with van der Waals surface area (Å²) in [7, 11) is 1.22. The number of ether oxygens (including phenoxy) is 4. The number of aromatic nitrogens is 3. The number of aliphatic hydroxyl groups excluding tert-OH is 1. The van der Waals surface area contributed by atoms with Crippen LogP contribution < -0.4 is 0 Å². The van der Waals surface area contributed by atoms with Gasteiger partial charge in [-0.25, -0.2) is 19.3 Å². The van der Waals surface area contributed by atoms with Crippen LogP contribution in [0.5, 0.6) is 0 Å². The third kappa shape index (κ3) is 5.41. The molecule has 0 bridgehead atoms. The van der Waals surface area contributed by atoms with Gasteiger partial charge in [-0.3, -0.25) is 0 Å². The number of methoxy groups -OCH3 is 1. The van der Waals surface area contributed by atoms with Gasteiger partial charge in [-0.1, -0.05) is 60.7 Å². The van der Waals surface area contributed by atoms with Crippen LogP contribution in [0.2, 0.25) is 0 Å². The maximum absolute atomic E-state index is 12.6. The minimum atomic E-state index is -1.25. The summed E-state index contributed by atoms with van der Waals surface area (Å²) in [5.41, 5.74) is 1.72. The van der Waals surface area contributed by atoms with Crippen LogP contribution in [0.1, 0.15) is 21.7 Å². The fraction of sp³-hybridized carbons (Fsp3) is 0.250. The van der Waals surface area contributed by atoms with Crippen molar-refractivity contribution >= 4 is 11.9 Å². The normalized spacial score (nSPS) is 16.2. The summed E-state index contributed by atoms with van der Waals surface area (Å²) in [4.78, 5) is 28.0. The zero-order valence-electron chi connectivity index (χ0n) is 18.4. The lowest BCUT2D eigenvalue weighted by atomic mass is 10.1. The van der Waals surface area contributed by atoms with Crippen molar-refractivity contribution in [2.45, 2.75) is 32.0 Å². The molecule has 1 aromatic heterocycles. The predicted molar refractivity (Wildman–Crippen MR) is 117 cm³/mol. The van der Waals surface area contributed by atoms with Crippen LogP contribution in [0.25, 0.3) is 0 Å². The number of rotatable bonds is 10. The number of aliphatic hydroxyl groups is 1. The Morgan fingerprint density at radius 3 is 2.29 bits per heavy atom. The number of benzene rings is 2. The maximum Gasteiger partial charge on any atom is 0.378 e. The van der Waals surface area contributed by atoms with E-state index in [0.717, 1.165) is 11.1 Å². The molecule has 0 fully saturated rings. The van der Waals surface area contributed by atoms with Crippen molar-refractivity contribution in [3.8, 4) is 0 Å². The SMILES string of the molecule is COC(=O)c1ncn(CC(O)C2OC(=O)C(OCc3ccccc3)=C2OCc2ccccc2)n1. The van der Waals surface area contributed by atoms with Gasteiger partial charge < -0.3 is 24.1 Å². The van der Waals surface area contributed by atoms with E-state index in [0.29, 0.717) is 0 Å². The number of carbonyl (C=O) groups is 2. The number of esters is 2. The van der Waals surface area contributed by atoms with E-state index >= 15 is 0 Å². The molecule has 1 aliphatic heterocycles. The first-order chi connectivity index (χ1) is 16.5. The topological polar surface area (TPSA) is 122 Å². The van der Waals surface area contributed by atoms with Crippen LogP contribution in [0, 0.1) is 0 Å². The van der Waals surface area contributed by atoms with E-state index in [4.69, 9.17) is 14.2 Å². The molecule has 0 aliphatic carbocycles. The second-order valence-electron chi connectivity index (χ2n) is 7.42. The van der Waals surface area contributed by atoms with Crippen molar-refractivity contribution in [3.63, 3.8) is 0 Å². The molecule has 2 heterocycles. The first-order valence-corrected chi connectivity index (χ1v) is 10.5. The van der Waals surface area contributed by atoms with Gasteiger partial charge in [0.25, 0.3) is 5.82 Å². The molecule has 3 aromatic rings. The number of nitrogens with zero attached hydrogens (tertiary/aromatic N) is 3. The second-order valence-corrected chi connectivity index (χ2v) is 7.42. The molecule has 0 amide bonds. The molecule has 4 rings (SSSR count). The standard InChI is InChI=1S/C24H23N3O7/c1-31-24(30)22-25-15-27(26-22)12-18(28)19-20(32-13-16-8-4-2-5-9-16)21(23(29)34-19)33-14-17-10-6-3-7-11-17/h2-11,15,18-19,28H,12-14H2,1H3. The molecule has 0 saturated carbocycles. The van der Waals surface area contributed by atoms with E-state index in [-0.39, 0.29) is 37.1 Å². The summed E-state index contributed by atoms with van der Waals surface area (Å²) in [5.74, 6) is -1.61. The Hall–Kier alpha value is -4.18. The van der Waals surface area contributed by atoms with Gasteiger partial charge in [-0.05, 0) is 11.1 Å². The molecular formula is C24H23N3O7. The van der Waals surface area contributed by atoms with E-state index in [1.165, 1.54) is 18.1 Å². The van der Waals surface area contributed by atoms with Gasteiger partial charge in [0.15, 0.2) is 11.9 Å². The van der Waals surface area contributed by atoms with Gasteiger partial charge in [-0.2, -0.15) is 0 Å². The Balaban J connectivity index is 1.53. The fourth-order valence-electron chi connectivity index (χ4n) is 3.30. The van der Waals surface area contributed by atoms with Crippen molar-refractivity contribution in [3.05, 3.63) is 95.5 Å². The highest BCUT2D eigenvalue weighted by Crippen LogP contribution is 2.29. The lowest BCUT2D eigenvalue weighted by Crippen LogP contribution is -2.33. The molecule has 1 aliphatic rings. The quantitative estimate of drug-likeness (QED) is 0.448. The van der Waals surface area contributed by atoms with Crippen LogP contribution in [0.4, 0.5) is 0 Å². The maximum atomic E-state index is 12.6. The number of hydrogen-bond donors (Lipinski definition) is 1. The molecule has 0 spiro atoms. The van der Waals surface area contributed by atoms with E-state index in [9.17, 15) is 14.7 Å². The highest BCUT2D eigenvalue weighted by atomic mass is 16.6. The van der Waals surface area contributed by atoms with Crippen LogP contribution in [0.15, 0.2) is 78.5 Å². The Bertz CT molecular complexity index is 1160. The van der Waals surface area contributed by atoms with E-state index in [1.807, 2.05) is 60.7 Å². The summed E-state index contributed by atoms with van der Waals surface area (Å²) in [6.07, 6.45) is -1.11. The Labute approximate surface area is 195 Å². The van der Waals surface area contributed by atoms with Crippen LogP contribution >= 0.6 is 0 Å². The van der Waals surface area contributed by atoms with Crippen molar-refractivity contribution < 1.29 is 33.6 Å². The molecule has 2 unspecified atom stereocenters. The van der Waals surface area contributed by atoms with Crippen molar-refractivity contribution in [1.29, 1.82) is 0 Å². The molecule has 2 atom stereocenters. The van der Waals surface area contributed by atoms with E-state index in [1.54, 1.807) is 0 Å². The summed E-state index contributed by atoms with van der Waals surface area (Å²) >= 11 is 0. The smallest absolute Gasteiger partial charge is 0.378 e. The minimum absolute atomic E-state index is 0.0885. The second kappa shape index (κ2) is 10.6. The molecule has 10 heteroatoms. The minimum Gasteiger partial charge on any atom is -0.485 e. The fourth-order valence-corrected chi connectivity index (χ4v) is 3.30. The lowest BCUT2D eigenvalue weighted by molar-refractivity contribution is -0.148. The average Bonchev–Trinajstić information content (AvgIpc) is 3.46. The van der Waals surface area contributed by atoms with Gasteiger partial charge in [0.05, 0.1) is 13.7 Å². The Morgan fingerprint density at radius 2 is 1.68 bits per heavy atom. The zero-order chi connectivity index (χ0) is 23.9. The largest absolute Gasteiger partial charge is 0.485 e. The summed E-state index contributed by atoms with van der Waals surface area (Å²) in [5, 5.41) is 14.8. The molecular weight excluding hydrogens is 442 g/mol. The average molecular weight is 465 g/mol. The first-order valence-electron chi connectivity index (χ1n) is 10.5. The van der Waals surface area contributed by atoms with Crippen molar-refractivity contribution in [2.75, 3.05) is 7.11 Å². The van der Waals surface area contributed by atoms with Crippen LogP contribution in [-0.4, -0.2) is 51.1 Å². The van der Waals surface area contributed by atoms with Gasteiger partial charge in [0.1, 0.15) is 25.6 Å². The van der Waals surface area contributed by atoms with Crippen LogP contribution in [0.3, 0.4) is 0 Å². The van der Waals surface area contributed by atoms with E-state index in [2.05, 4.69) is 14.8 Å². The number of carbonyl (C=O) groups excluding carboxylic acids is 2. The summed E-state index contributed by atoms with van der Waals surface area (Å²) < 4.78 is 22.9. The molecule has 34 heavy (non-hydrogen) atoms. The Kier molecular flexibility index (Phi) is 7.19. The van der Waals surface area contributed by atoms with E-state index < -0.39 is 24.1 Å². The summed E-state index contributed by atoms with van der Waals surface area (Å²) in [6.45, 7) is 0.147. The van der Waals surface area contributed by atoms with Gasteiger partial charge >= 0.3 is 11.9 Å². The summed E-state index contributed by atoms with van der Waals surface area (Å²) in [6, 6.07) is 18.7. The Morgan fingerprint density at radius 1 is 1.06 bits per heavy atom. The molecule has 176 valence electrons. The van der Waals surface area contributed by atoms with Crippen molar-refractivity contribution in [1.82, 2.24) is 14.8 Å². The highest BCUT2D eigenvalue weighted by Gasteiger charge is 2.42. The van der Waals surface area contributed by atoms with Crippen molar-refractivity contribution in [2.24, 2.45) is 0 Å². The highest BCUT2D eigenvalue weighted by molar-refractivity contribution is 5.89. The molecule has 10 nitrogen and oxygen atoms in total. The molecule has 1 N–H and O–H groups in total. The number of hydrogen-bond acceptors (Lipinski definition) is 9. The monoisotopic (exact) mass is 465 g/mol. The predicted octanol–water partition coefficient (Wildman–Crippen LogP) is 2.00. The molecule has 2 aromatic carbocycles. The lowest BCUT2D eigenvalue weighted by Gasteiger charge is -2.20. The van der Waals surface area contributed by atoms with Gasteiger partial charge in [0, 0.05) is 0 Å². The third-order valence-electron chi connectivity index (χ3n) is 4.99. The molecule has 0 saturated heterocycles. The van der Waals surface area contributed by atoms with Gasteiger partial charge in [-0.15, -0.1) is 5.10 Å². The van der Waals surface area contributed by atoms with Crippen LogP contribution in [-0.2, 0) is 43.5 Å². The first kappa shape index (κ1) is 23.0. The molecule has 0 radical (unpaired) electrons.